The molecule has 2 aromatic heterocycles. The normalized spacial score (nSPS) is 10.1. The number of methoxy groups -OCH3 is 2. The van der Waals surface area contributed by atoms with Crippen molar-refractivity contribution in [2.45, 2.75) is 0 Å². The van der Waals surface area contributed by atoms with Crippen LogP contribution in [0.25, 0.3) is 11.4 Å². The monoisotopic (exact) mass is 252 g/mol. The summed E-state index contributed by atoms with van der Waals surface area (Å²) in [6.45, 7) is 0. The first kappa shape index (κ1) is 11.5. The number of pyridine rings is 1. The summed E-state index contributed by atoms with van der Waals surface area (Å²) in [5.41, 5.74) is 0.702. The van der Waals surface area contributed by atoms with Gasteiger partial charge in [0.15, 0.2) is 5.82 Å². The summed E-state index contributed by atoms with van der Waals surface area (Å²) in [5, 5.41) is 0.0719. The highest BCUT2D eigenvalue weighted by Gasteiger charge is 2.08. The van der Waals surface area contributed by atoms with Gasteiger partial charge in [-0.1, -0.05) is 0 Å². The predicted molar refractivity (Wildman–Crippen MR) is 61.2 cm³/mol. The lowest BCUT2D eigenvalue weighted by Crippen LogP contribution is -1.98. The molecule has 0 aliphatic carbocycles. The van der Waals surface area contributed by atoms with Crippen molar-refractivity contribution in [1.82, 2.24) is 19.9 Å². The maximum absolute atomic E-state index is 5.75. The van der Waals surface area contributed by atoms with Crippen molar-refractivity contribution in [3.05, 3.63) is 23.6 Å². The second-order valence-electron chi connectivity index (χ2n) is 3.00. The lowest BCUT2D eigenvalue weighted by molar-refractivity contribution is 0.378. The average Bonchev–Trinajstić information content (AvgIpc) is 2.38. The first-order valence-electron chi connectivity index (χ1n) is 4.69. The van der Waals surface area contributed by atoms with E-state index < -0.39 is 0 Å². The molecule has 0 saturated carbocycles. The minimum atomic E-state index is 0.0719. The van der Waals surface area contributed by atoms with Crippen molar-refractivity contribution in [1.29, 1.82) is 0 Å². The van der Waals surface area contributed by atoms with Crippen molar-refractivity contribution in [3.8, 4) is 23.3 Å². The third-order valence-corrected chi connectivity index (χ3v) is 2.14. The van der Waals surface area contributed by atoms with E-state index in [1.165, 1.54) is 7.11 Å². The fourth-order valence-corrected chi connectivity index (χ4v) is 1.34. The van der Waals surface area contributed by atoms with Crippen LogP contribution in [-0.2, 0) is 0 Å². The molecule has 0 aromatic carbocycles. The maximum Gasteiger partial charge on any atom is 0.321 e. The molecule has 0 atom stereocenters. The first-order valence-corrected chi connectivity index (χ1v) is 5.06. The quantitative estimate of drug-likeness (QED) is 0.826. The molecule has 0 spiro atoms. The van der Waals surface area contributed by atoms with E-state index in [1.807, 2.05) is 0 Å². The topological polar surface area (TPSA) is 70.0 Å². The number of aromatic nitrogens is 4. The minimum Gasteiger partial charge on any atom is -0.481 e. The van der Waals surface area contributed by atoms with Crippen LogP contribution in [0.1, 0.15) is 0 Å². The van der Waals surface area contributed by atoms with Crippen molar-refractivity contribution in [2.75, 3.05) is 14.2 Å². The van der Waals surface area contributed by atoms with Crippen molar-refractivity contribution >= 4 is 11.6 Å². The van der Waals surface area contributed by atoms with E-state index in [-0.39, 0.29) is 11.3 Å². The molecule has 0 fully saturated rings. The Kier molecular flexibility index (Phi) is 3.34. The van der Waals surface area contributed by atoms with E-state index in [9.17, 15) is 0 Å². The second kappa shape index (κ2) is 4.92. The Morgan fingerprint density at radius 2 is 1.88 bits per heavy atom. The van der Waals surface area contributed by atoms with Gasteiger partial charge in [-0.15, -0.1) is 0 Å². The standard InChI is InChI=1S/C10H9ClN4O2/c1-16-7-4-3-6(5-12-7)8-13-9(11)15-10(14-8)17-2/h3-5H,1-2H3. The molecule has 0 saturated heterocycles. The SMILES string of the molecule is COc1ccc(-c2nc(Cl)nc(OC)n2)cn1. The molecule has 0 aliphatic heterocycles. The number of hydrogen-bond acceptors (Lipinski definition) is 6. The summed E-state index contributed by atoms with van der Waals surface area (Å²) in [6, 6.07) is 3.65. The van der Waals surface area contributed by atoms with Crippen LogP contribution in [0.5, 0.6) is 11.9 Å². The highest BCUT2D eigenvalue weighted by atomic mass is 35.5. The smallest absolute Gasteiger partial charge is 0.321 e. The Morgan fingerprint density at radius 1 is 1.06 bits per heavy atom. The van der Waals surface area contributed by atoms with Crippen LogP contribution >= 0.6 is 11.6 Å². The van der Waals surface area contributed by atoms with Gasteiger partial charge in [0.2, 0.25) is 11.2 Å². The molecule has 6 nitrogen and oxygen atoms in total. The molecule has 0 N–H and O–H groups in total. The highest BCUT2D eigenvalue weighted by molar-refractivity contribution is 6.28. The van der Waals surface area contributed by atoms with Crippen LogP contribution in [0.4, 0.5) is 0 Å². The van der Waals surface area contributed by atoms with Crippen LogP contribution in [0.3, 0.4) is 0 Å². The minimum absolute atomic E-state index is 0.0719. The molecule has 0 bridgehead atoms. The van der Waals surface area contributed by atoms with E-state index in [0.29, 0.717) is 17.3 Å². The zero-order valence-electron chi connectivity index (χ0n) is 9.22. The Labute approximate surface area is 103 Å². The van der Waals surface area contributed by atoms with E-state index in [1.54, 1.807) is 25.4 Å². The summed E-state index contributed by atoms with van der Waals surface area (Å²) in [7, 11) is 3.01. The Morgan fingerprint density at radius 3 is 2.47 bits per heavy atom. The molecule has 2 heterocycles. The van der Waals surface area contributed by atoms with Crippen molar-refractivity contribution in [2.24, 2.45) is 0 Å². The van der Waals surface area contributed by atoms with E-state index in [2.05, 4.69) is 19.9 Å². The summed E-state index contributed by atoms with van der Waals surface area (Å²) in [4.78, 5) is 15.9. The molecule has 17 heavy (non-hydrogen) atoms. The maximum atomic E-state index is 5.75. The van der Waals surface area contributed by atoms with E-state index in [0.717, 1.165) is 0 Å². The molecule has 2 rings (SSSR count). The van der Waals surface area contributed by atoms with Crippen molar-refractivity contribution < 1.29 is 9.47 Å². The van der Waals surface area contributed by atoms with Crippen LogP contribution in [0.15, 0.2) is 18.3 Å². The summed E-state index contributed by atoms with van der Waals surface area (Å²) in [5.74, 6) is 0.915. The number of hydrogen-bond donors (Lipinski definition) is 0. The zero-order chi connectivity index (χ0) is 12.3. The van der Waals surface area contributed by atoms with Gasteiger partial charge in [0, 0.05) is 17.8 Å². The molecular weight excluding hydrogens is 244 g/mol. The van der Waals surface area contributed by atoms with Crippen LogP contribution in [0.2, 0.25) is 5.28 Å². The van der Waals surface area contributed by atoms with Gasteiger partial charge in [-0.25, -0.2) is 4.98 Å². The molecule has 0 radical (unpaired) electrons. The lowest BCUT2D eigenvalue weighted by atomic mass is 10.3. The summed E-state index contributed by atoms with van der Waals surface area (Å²) >= 11 is 5.75. The molecule has 7 heteroatoms. The number of ether oxygens (including phenoxy) is 2. The van der Waals surface area contributed by atoms with Crippen LogP contribution < -0.4 is 9.47 Å². The molecule has 2 aromatic rings. The summed E-state index contributed by atoms with van der Waals surface area (Å²) in [6.07, 6.45) is 1.59. The third-order valence-electron chi connectivity index (χ3n) is 1.97. The number of halogens is 1. The van der Waals surface area contributed by atoms with Gasteiger partial charge >= 0.3 is 6.01 Å². The number of rotatable bonds is 3. The van der Waals surface area contributed by atoms with Gasteiger partial charge in [-0.3, -0.25) is 0 Å². The van der Waals surface area contributed by atoms with E-state index in [4.69, 9.17) is 21.1 Å². The first-order chi connectivity index (χ1) is 8.22. The molecular formula is C10H9ClN4O2. The Balaban J connectivity index is 2.41. The van der Waals surface area contributed by atoms with Crippen LogP contribution in [-0.4, -0.2) is 34.2 Å². The van der Waals surface area contributed by atoms with Gasteiger partial charge in [0.05, 0.1) is 14.2 Å². The Hall–Kier alpha value is -1.95. The average molecular weight is 253 g/mol. The number of nitrogens with zero attached hydrogens (tertiary/aromatic N) is 4. The lowest BCUT2D eigenvalue weighted by Gasteiger charge is -2.03. The molecule has 0 amide bonds. The fourth-order valence-electron chi connectivity index (χ4n) is 1.19. The third kappa shape index (κ3) is 2.59. The van der Waals surface area contributed by atoms with Crippen LogP contribution in [0, 0.1) is 0 Å². The molecule has 88 valence electrons. The van der Waals surface area contributed by atoms with Gasteiger partial charge < -0.3 is 9.47 Å². The second-order valence-corrected chi connectivity index (χ2v) is 3.34. The molecule has 0 unspecified atom stereocenters. The van der Waals surface area contributed by atoms with Gasteiger partial charge in [-0.2, -0.15) is 15.0 Å². The van der Waals surface area contributed by atoms with Gasteiger partial charge in [0.1, 0.15) is 0 Å². The zero-order valence-corrected chi connectivity index (χ0v) is 9.97. The van der Waals surface area contributed by atoms with E-state index >= 15 is 0 Å². The van der Waals surface area contributed by atoms with Gasteiger partial charge in [-0.05, 0) is 17.7 Å². The predicted octanol–water partition coefficient (Wildman–Crippen LogP) is 1.60. The molecule has 0 aliphatic rings. The fraction of sp³-hybridized carbons (Fsp3) is 0.200. The van der Waals surface area contributed by atoms with Crippen molar-refractivity contribution in [3.63, 3.8) is 0 Å². The largest absolute Gasteiger partial charge is 0.481 e. The highest BCUT2D eigenvalue weighted by Crippen LogP contribution is 2.19. The Bertz CT molecular complexity index is 518. The van der Waals surface area contributed by atoms with Gasteiger partial charge in [0.25, 0.3) is 0 Å². The summed E-state index contributed by atoms with van der Waals surface area (Å²) < 4.78 is 9.87.